The third-order valence-corrected chi connectivity index (χ3v) is 6.86. The predicted octanol–water partition coefficient (Wildman–Crippen LogP) is 5.61. The van der Waals surface area contributed by atoms with Gasteiger partial charge in [0.2, 0.25) is 0 Å². The van der Waals surface area contributed by atoms with E-state index in [0.717, 1.165) is 5.56 Å². The maximum atomic E-state index is 13.6. The Bertz CT molecular complexity index is 1460. The summed E-state index contributed by atoms with van der Waals surface area (Å²) in [6.45, 7) is 7.27. The molecule has 8 nitrogen and oxygen atoms in total. The standard InChI is InChI=1S/C31H31NO7/c1-5-37-24-11-9-20(16-23(24)18(2)3)29(33)27-28(19-7-6-8-22(15-19)36-4)32(31(35)30(27)34)21-10-12-25-26(17-21)39-14-13-38-25/h6-12,15-18,28,33H,5,13-14H2,1-4H3/b29-27+. The summed E-state index contributed by atoms with van der Waals surface area (Å²) in [5.74, 6) is 0.632. The molecule has 1 N–H and O–H groups in total. The van der Waals surface area contributed by atoms with Crippen LogP contribution in [-0.4, -0.2) is 43.7 Å². The molecular formula is C31H31NO7. The number of benzene rings is 3. The third kappa shape index (κ3) is 4.78. The predicted molar refractivity (Wildman–Crippen MR) is 147 cm³/mol. The van der Waals surface area contributed by atoms with Gasteiger partial charge in [-0.1, -0.05) is 26.0 Å². The van der Waals surface area contributed by atoms with Crippen LogP contribution in [0.25, 0.3) is 5.76 Å². The molecular weight excluding hydrogens is 498 g/mol. The number of ketones is 1. The van der Waals surface area contributed by atoms with Gasteiger partial charge in [-0.05, 0) is 66.4 Å². The second-order valence-electron chi connectivity index (χ2n) is 9.61. The number of Topliss-reactive ketones (excluding diaryl/α,β-unsaturated/α-hetero) is 1. The number of carbonyl (C=O) groups is 2. The number of anilines is 1. The zero-order chi connectivity index (χ0) is 27.7. The maximum absolute atomic E-state index is 13.6. The highest BCUT2D eigenvalue weighted by atomic mass is 16.6. The molecule has 1 unspecified atom stereocenters. The van der Waals surface area contributed by atoms with Crippen LogP contribution in [0.15, 0.2) is 66.2 Å². The largest absolute Gasteiger partial charge is 0.507 e. The minimum atomic E-state index is -0.906. The van der Waals surface area contributed by atoms with Crippen molar-refractivity contribution >= 4 is 23.1 Å². The summed E-state index contributed by atoms with van der Waals surface area (Å²) in [4.78, 5) is 28.6. The second kappa shape index (κ2) is 10.7. The van der Waals surface area contributed by atoms with Gasteiger partial charge in [-0.25, -0.2) is 0 Å². The lowest BCUT2D eigenvalue weighted by Crippen LogP contribution is -2.29. The van der Waals surface area contributed by atoms with Crippen LogP contribution >= 0.6 is 0 Å². The highest BCUT2D eigenvalue weighted by Crippen LogP contribution is 2.45. The zero-order valence-electron chi connectivity index (χ0n) is 22.4. The molecule has 2 aliphatic rings. The molecule has 3 aromatic carbocycles. The molecule has 3 aromatic rings. The molecule has 0 radical (unpaired) electrons. The Kier molecular flexibility index (Phi) is 7.19. The number of hydrogen-bond acceptors (Lipinski definition) is 7. The van der Waals surface area contributed by atoms with Crippen molar-refractivity contribution in [3.05, 3.63) is 82.9 Å². The Balaban J connectivity index is 1.69. The fourth-order valence-electron chi connectivity index (χ4n) is 5.00. The van der Waals surface area contributed by atoms with Gasteiger partial charge in [-0.15, -0.1) is 0 Å². The quantitative estimate of drug-likeness (QED) is 0.241. The summed E-state index contributed by atoms with van der Waals surface area (Å²) in [5.41, 5.74) is 2.36. The van der Waals surface area contributed by atoms with Gasteiger partial charge in [0.15, 0.2) is 11.5 Å². The Morgan fingerprint density at radius 1 is 1.03 bits per heavy atom. The molecule has 0 aliphatic carbocycles. The van der Waals surface area contributed by atoms with Gasteiger partial charge in [0.05, 0.1) is 25.3 Å². The lowest BCUT2D eigenvalue weighted by atomic mass is 9.93. The maximum Gasteiger partial charge on any atom is 0.300 e. The summed E-state index contributed by atoms with van der Waals surface area (Å²) in [6, 6.07) is 16.6. The number of aliphatic hydroxyl groups excluding tert-OH is 1. The average molecular weight is 530 g/mol. The van der Waals surface area contributed by atoms with Crippen LogP contribution in [-0.2, 0) is 9.59 Å². The summed E-state index contributed by atoms with van der Waals surface area (Å²) in [5, 5.41) is 11.6. The summed E-state index contributed by atoms with van der Waals surface area (Å²) in [7, 11) is 1.55. The van der Waals surface area contributed by atoms with Crippen molar-refractivity contribution in [2.24, 2.45) is 0 Å². The number of aliphatic hydroxyl groups is 1. The van der Waals surface area contributed by atoms with Gasteiger partial charge in [0, 0.05) is 17.3 Å². The molecule has 1 atom stereocenters. The van der Waals surface area contributed by atoms with E-state index in [2.05, 4.69) is 0 Å². The molecule has 1 fully saturated rings. The van der Waals surface area contributed by atoms with Gasteiger partial charge in [0.1, 0.15) is 30.5 Å². The van der Waals surface area contributed by atoms with Crippen molar-refractivity contribution < 1.29 is 33.6 Å². The van der Waals surface area contributed by atoms with E-state index in [-0.39, 0.29) is 17.3 Å². The SMILES string of the molecule is CCOc1ccc(/C(O)=C2\C(=O)C(=O)N(c3ccc4c(c3)OCCO4)C2c2cccc(OC)c2)cc1C(C)C. The Hall–Kier alpha value is -4.46. The summed E-state index contributed by atoms with van der Waals surface area (Å²) >= 11 is 0. The molecule has 1 amide bonds. The van der Waals surface area contributed by atoms with Gasteiger partial charge in [-0.3, -0.25) is 14.5 Å². The van der Waals surface area contributed by atoms with E-state index in [1.807, 2.05) is 26.8 Å². The first-order valence-electron chi connectivity index (χ1n) is 13.0. The molecule has 0 bridgehead atoms. The summed E-state index contributed by atoms with van der Waals surface area (Å²) in [6.07, 6.45) is 0. The molecule has 2 aliphatic heterocycles. The van der Waals surface area contributed by atoms with E-state index >= 15 is 0 Å². The van der Waals surface area contributed by atoms with Crippen LogP contribution in [0.2, 0.25) is 0 Å². The number of methoxy groups -OCH3 is 1. The number of ether oxygens (including phenoxy) is 4. The second-order valence-corrected chi connectivity index (χ2v) is 9.61. The van der Waals surface area contributed by atoms with Crippen molar-refractivity contribution in [2.45, 2.75) is 32.7 Å². The van der Waals surface area contributed by atoms with E-state index in [0.29, 0.717) is 59.6 Å². The van der Waals surface area contributed by atoms with Gasteiger partial charge >= 0.3 is 0 Å². The normalized spacial score (nSPS) is 18.0. The van der Waals surface area contributed by atoms with E-state index in [1.54, 1.807) is 61.7 Å². The molecule has 202 valence electrons. The highest BCUT2D eigenvalue weighted by molar-refractivity contribution is 6.51. The first-order valence-corrected chi connectivity index (χ1v) is 13.0. The fourth-order valence-corrected chi connectivity index (χ4v) is 5.00. The van der Waals surface area contributed by atoms with Crippen LogP contribution in [0.1, 0.15) is 49.4 Å². The van der Waals surface area contributed by atoms with Crippen LogP contribution in [0, 0.1) is 0 Å². The molecule has 2 heterocycles. The zero-order valence-corrected chi connectivity index (χ0v) is 22.4. The molecule has 0 saturated carbocycles. The monoisotopic (exact) mass is 529 g/mol. The summed E-state index contributed by atoms with van der Waals surface area (Å²) < 4.78 is 22.6. The van der Waals surface area contributed by atoms with Crippen LogP contribution < -0.4 is 23.8 Å². The van der Waals surface area contributed by atoms with Crippen molar-refractivity contribution in [3.63, 3.8) is 0 Å². The highest BCUT2D eigenvalue weighted by Gasteiger charge is 2.47. The minimum Gasteiger partial charge on any atom is -0.507 e. The van der Waals surface area contributed by atoms with E-state index in [1.165, 1.54) is 4.90 Å². The number of rotatable bonds is 7. The van der Waals surface area contributed by atoms with Gasteiger partial charge in [-0.2, -0.15) is 0 Å². The molecule has 1 saturated heterocycles. The lowest BCUT2D eigenvalue weighted by Gasteiger charge is -2.27. The van der Waals surface area contributed by atoms with E-state index in [4.69, 9.17) is 18.9 Å². The number of amides is 1. The number of carbonyl (C=O) groups excluding carboxylic acids is 2. The average Bonchev–Trinajstić information content (AvgIpc) is 3.22. The van der Waals surface area contributed by atoms with Gasteiger partial charge < -0.3 is 24.1 Å². The number of hydrogen-bond donors (Lipinski definition) is 1. The van der Waals surface area contributed by atoms with Crippen molar-refractivity contribution in [2.75, 3.05) is 31.8 Å². The van der Waals surface area contributed by atoms with Crippen LogP contribution in [0.4, 0.5) is 5.69 Å². The Morgan fingerprint density at radius 2 is 1.79 bits per heavy atom. The van der Waals surface area contributed by atoms with Crippen molar-refractivity contribution in [1.29, 1.82) is 0 Å². The third-order valence-electron chi connectivity index (χ3n) is 6.86. The van der Waals surface area contributed by atoms with Crippen molar-refractivity contribution in [3.8, 4) is 23.0 Å². The smallest absolute Gasteiger partial charge is 0.300 e. The lowest BCUT2D eigenvalue weighted by molar-refractivity contribution is -0.132. The fraction of sp³-hybridized carbons (Fsp3) is 0.290. The minimum absolute atomic E-state index is 0.0120. The Labute approximate surface area is 227 Å². The number of nitrogens with zero attached hydrogens (tertiary/aromatic N) is 1. The Morgan fingerprint density at radius 3 is 2.51 bits per heavy atom. The van der Waals surface area contributed by atoms with Crippen molar-refractivity contribution in [1.82, 2.24) is 0 Å². The first-order chi connectivity index (χ1) is 18.8. The number of fused-ring (bicyclic) bond motifs is 1. The van der Waals surface area contributed by atoms with Gasteiger partial charge in [0.25, 0.3) is 11.7 Å². The molecule has 8 heteroatoms. The van der Waals surface area contributed by atoms with Crippen LogP contribution in [0.5, 0.6) is 23.0 Å². The van der Waals surface area contributed by atoms with E-state index in [9.17, 15) is 14.7 Å². The van der Waals surface area contributed by atoms with E-state index < -0.39 is 17.7 Å². The molecule has 5 rings (SSSR count). The molecule has 0 spiro atoms. The topological polar surface area (TPSA) is 94.5 Å². The van der Waals surface area contributed by atoms with Crippen LogP contribution in [0.3, 0.4) is 0 Å². The molecule has 0 aromatic heterocycles. The first kappa shape index (κ1) is 26.2. The molecule has 39 heavy (non-hydrogen) atoms.